The van der Waals surface area contributed by atoms with Crippen LogP contribution in [-0.2, 0) is 20.9 Å². The highest BCUT2D eigenvalue weighted by Gasteiger charge is 2.37. The fourth-order valence-electron chi connectivity index (χ4n) is 3.60. The van der Waals surface area contributed by atoms with Crippen LogP contribution >= 0.6 is 0 Å². The van der Waals surface area contributed by atoms with Crippen LogP contribution in [0.2, 0.25) is 0 Å². The third-order valence-corrected chi connectivity index (χ3v) is 5.01. The molecule has 1 unspecified atom stereocenters. The number of esters is 1. The summed E-state index contributed by atoms with van der Waals surface area (Å²) < 4.78 is 47.4. The predicted molar refractivity (Wildman–Crippen MR) is 105 cm³/mol. The van der Waals surface area contributed by atoms with E-state index in [1.165, 1.54) is 36.1 Å². The zero-order valence-electron chi connectivity index (χ0n) is 16.9. The van der Waals surface area contributed by atoms with Gasteiger partial charge in [0.15, 0.2) is 0 Å². The molecule has 0 aliphatic carbocycles. The van der Waals surface area contributed by atoms with Gasteiger partial charge in [-0.1, -0.05) is 18.2 Å². The molecular weight excluding hydrogens is 395 g/mol. The summed E-state index contributed by atoms with van der Waals surface area (Å²) in [6.07, 6.45) is -0.569. The largest absolute Gasteiger partial charge is 0.460 e. The molecule has 1 aliphatic heterocycles. The molecule has 0 aromatic heterocycles. The van der Waals surface area contributed by atoms with Crippen LogP contribution in [0.15, 0.2) is 53.7 Å². The first-order chi connectivity index (χ1) is 14.2. The summed E-state index contributed by atoms with van der Waals surface area (Å²) in [4.78, 5) is 26.9. The van der Waals surface area contributed by atoms with Crippen LogP contribution in [0.3, 0.4) is 0 Å². The monoisotopic (exact) mass is 417 g/mol. The van der Waals surface area contributed by atoms with Crippen LogP contribution < -0.4 is 0 Å². The lowest BCUT2D eigenvalue weighted by Crippen LogP contribution is -2.38. The summed E-state index contributed by atoms with van der Waals surface area (Å²) in [6, 6.07) is 9.11. The predicted octanol–water partition coefficient (Wildman–Crippen LogP) is 4.85. The Morgan fingerprint density at radius 2 is 1.77 bits per heavy atom. The van der Waals surface area contributed by atoms with Crippen LogP contribution in [-0.4, -0.2) is 22.9 Å². The van der Waals surface area contributed by atoms with E-state index in [1.54, 1.807) is 19.9 Å². The van der Waals surface area contributed by atoms with E-state index in [0.29, 0.717) is 5.56 Å². The SMILES string of the molecule is CC1=C(C(=O)OC(C)C)C(c2cccc(F)c2)CC(=O)N1Cc1c(F)cccc1F. The van der Waals surface area contributed by atoms with Crippen molar-refractivity contribution in [1.82, 2.24) is 4.90 Å². The van der Waals surface area contributed by atoms with Crippen molar-refractivity contribution < 1.29 is 27.5 Å². The van der Waals surface area contributed by atoms with Gasteiger partial charge < -0.3 is 9.64 Å². The number of allylic oxidation sites excluding steroid dienone is 1. The number of amides is 1. The maximum absolute atomic E-state index is 14.1. The molecule has 2 aromatic carbocycles. The van der Waals surface area contributed by atoms with Gasteiger partial charge in [0.1, 0.15) is 17.5 Å². The number of hydrogen-bond donors (Lipinski definition) is 0. The molecule has 4 nitrogen and oxygen atoms in total. The van der Waals surface area contributed by atoms with E-state index in [-0.39, 0.29) is 29.8 Å². The van der Waals surface area contributed by atoms with Crippen LogP contribution in [0, 0.1) is 17.5 Å². The summed E-state index contributed by atoms with van der Waals surface area (Å²) in [6.45, 7) is 4.54. The Labute approximate surface area is 173 Å². The van der Waals surface area contributed by atoms with Gasteiger partial charge in [0.25, 0.3) is 0 Å². The molecule has 158 valence electrons. The molecule has 2 aromatic rings. The fraction of sp³-hybridized carbons (Fsp3) is 0.304. The van der Waals surface area contributed by atoms with E-state index in [9.17, 15) is 22.8 Å². The lowest BCUT2D eigenvalue weighted by Gasteiger charge is -2.35. The zero-order valence-corrected chi connectivity index (χ0v) is 16.9. The van der Waals surface area contributed by atoms with Gasteiger partial charge in [-0.3, -0.25) is 4.79 Å². The average Bonchev–Trinajstić information content (AvgIpc) is 2.66. The molecule has 7 heteroatoms. The van der Waals surface area contributed by atoms with Gasteiger partial charge in [0, 0.05) is 23.6 Å². The van der Waals surface area contributed by atoms with Gasteiger partial charge in [-0.25, -0.2) is 18.0 Å². The van der Waals surface area contributed by atoms with E-state index in [0.717, 1.165) is 12.1 Å². The number of ether oxygens (including phenoxy) is 1. The van der Waals surface area contributed by atoms with Gasteiger partial charge in [0.2, 0.25) is 5.91 Å². The molecule has 0 bridgehead atoms. The average molecular weight is 417 g/mol. The Bertz CT molecular complexity index is 996. The number of carbonyl (C=O) groups is 2. The van der Waals surface area contributed by atoms with Crippen molar-refractivity contribution in [3.8, 4) is 0 Å². The maximum atomic E-state index is 14.1. The molecule has 1 atom stereocenters. The van der Waals surface area contributed by atoms with Crippen molar-refractivity contribution >= 4 is 11.9 Å². The molecule has 0 radical (unpaired) electrons. The van der Waals surface area contributed by atoms with Crippen molar-refractivity contribution in [2.24, 2.45) is 0 Å². The summed E-state index contributed by atoms with van der Waals surface area (Å²) in [7, 11) is 0. The number of hydrogen-bond acceptors (Lipinski definition) is 3. The van der Waals surface area contributed by atoms with Crippen molar-refractivity contribution in [2.75, 3.05) is 0 Å². The van der Waals surface area contributed by atoms with E-state index in [2.05, 4.69) is 0 Å². The van der Waals surface area contributed by atoms with E-state index in [1.807, 2.05) is 0 Å². The van der Waals surface area contributed by atoms with Crippen molar-refractivity contribution in [1.29, 1.82) is 0 Å². The zero-order chi connectivity index (χ0) is 22.0. The standard InChI is InChI=1S/C23H22F3NO3/c1-13(2)30-23(29)22-14(3)27(12-18-19(25)8-5-9-20(18)26)21(28)11-17(22)15-6-4-7-16(24)10-15/h4-10,13,17H,11-12H2,1-3H3. The second-order valence-corrected chi connectivity index (χ2v) is 7.44. The molecule has 1 aliphatic rings. The summed E-state index contributed by atoms with van der Waals surface area (Å²) in [5.74, 6) is -3.86. The third kappa shape index (κ3) is 4.40. The molecule has 0 saturated heterocycles. The second kappa shape index (κ2) is 8.73. The Hall–Kier alpha value is -3.09. The second-order valence-electron chi connectivity index (χ2n) is 7.44. The van der Waals surface area contributed by atoms with Crippen LogP contribution in [0.5, 0.6) is 0 Å². The molecule has 30 heavy (non-hydrogen) atoms. The Kier molecular flexibility index (Phi) is 6.29. The van der Waals surface area contributed by atoms with E-state index < -0.39 is 41.4 Å². The third-order valence-electron chi connectivity index (χ3n) is 5.01. The van der Waals surface area contributed by atoms with Crippen molar-refractivity contribution in [3.05, 3.63) is 82.3 Å². The first-order valence-corrected chi connectivity index (χ1v) is 9.59. The van der Waals surface area contributed by atoms with Gasteiger partial charge in [0.05, 0.1) is 18.2 Å². The minimum Gasteiger partial charge on any atom is -0.460 e. The smallest absolute Gasteiger partial charge is 0.336 e. The number of rotatable bonds is 5. The molecule has 3 rings (SSSR count). The topological polar surface area (TPSA) is 46.6 Å². The Morgan fingerprint density at radius 1 is 1.13 bits per heavy atom. The van der Waals surface area contributed by atoms with Gasteiger partial charge in [-0.15, -0.1) is 0 Å². The van der Waals surface area contributed by atoms with Crippen LogP contribution in [0.4, 0.5) is 13.2 Å². The van der Waals surface area contributed by atoms with E-state index in [4.69, 9.17) is 4.74 Å². The minimum atomic E-state index is -0.783. The van der Waals surface area contributed by atoms with Gasteiger partial charge >= 0.3 is 5.97 Å². The fourth-order valence-corrected chi connectivity index (χ4v) is 3.60. The number of benzene rings is 2. The van der Waals surface area contributed by atoms with Crippen LogP contribution in [0.25, 0.3) is 0 Å². The maximum Gasteiger partial charge on any atom is 0.336 e. The molecule has 0 N–H and O–H groups in total. The lowest BCUT2D eigenvalue weighted by molar-refractivity contribution is -0.143. The number of halogens is 3. The molecular formula is C23H22F3NO3. The van der Waals surface area contributed by atoms with Crippen molar-refractivity contribution in [3.63, 3.8) is 0 Å². The highest BCUT2D eigenvalue weighted by atomic mass is 19.1. The van der Waals surface area contributed by atoms with E-state index >= 15 is 0 Å². The Morgan fingerprint density at radius 3 is 2.37 bits per heavy atom. The first-order valence-electron chi connectivity index (χ1n) is 9.59. The number of carbonyl (C=O) groups excluding carboxylic acids is 2. The lowest BCUT2D eigenvalue weighted by atomic mass is 9.83. The summed E-state index contributed by atoms with van der Waals surface area (Å²) in [5, 5.41) is 0. The normalized spacial score (nSPS) is 17.0. The summed E-state index contributed by atoms with van der Waals surface area (Å²) in [5.41, 5.74) is 0.584. The summed E-state index contributed by atoms with van der Waals surface area (Å²) >= 11 is 0. The highest BCUT2D eigenvalue weighted by Crippen LogP contribution is 2.38. The first kappa shape index (κ1) is 21.6. The van der Waals surface area contributed by atoms with Crippen molar-refractivity contribution in [2.45, 2.75) is 45.8 Å². The molecule has 1 heterocycles. The van der Waals surface area contributed by atoms with Gasteiger partial charge in [-0.2, -0.15) is 0 Å². The quantitative estimate of drug-likeness (QED) is 0.654. The Balaban J connectivity index is 2.08. The molecule has 0 saturated carbocycles. The molecule has 0 fully saturated rings. The molecule has 0 spiro atoms. The van der Waals surface area contributed by atoms with Gasteiger partial charge in [-0.05, 0) is 50.6 Å². The molecule has 1 amide bonds. The minimum absolute atomic E-state index is 0.153. The van der Waals surface area contributed by atoms with Crippen LogP contribution in [0.1, 0.15) is 44.2 Å². The highest BCUT2D eigenvalue weighted by molar-refractivity contribution is 5.96. The number of nitrogens with zero attached hydrogens (tertiary/aromatic N) is 1.